The van der Waals surface area contributed by atoms with E-state index in [1.807, 2.05) is 0 Å². The maximum Gasteiger partial charge on any atom is 0.225 e. The van der Waals surface area contributed by atoms with Gasteiger partial charge < -0.3 is 4.90 Å². The first kappa shape index (κ1) is 14.1. The van der Waals surface area contributed by atoms with Crippen molar-refractivity contribution in [1.82, 2.24) is 9.97 Å². The molecule has 1 fully saturated rings. The topological polar surface area (TPSA) is 29.0 Å². The Morgan fingerprint density at radius 3 is 2.75 bits per heavy atom. The summed E-state index contributed by atoms with van der Waals surface area (Å²) in [5.41, 5.74) is 0. The summed E-state index contributed by atoms with van der Waals surface area (Å²) in [7, 11) is 0. The fourth-order valence-electron chi connectivity index (χ4n) is 2.44. The Bertz CT molecular complexity index is 619. The third-order valence-electron chi connectivity index (χ3n) is 3.79. The fraction of sp³-hybridized carbons (Fsp3) is 0.600. The molecule has 0 aromatic carbocycles. The zero-order chi connectivity index (χ0) is 14.3. The minimum Gasteiger partial charge on any atom is -0.353 e. The molecule has 0 atom stereocenters. The van der Waals surface area contributed by atoms with E-state index in [1.165, 1.54) is 17.7 Å². The first-order valence-corrected chi connectivity index (χ1v) is 8.50. The van der Waals surface area contributed by atoms with E-state index in [1.54, 1.807) is 11.3 Å². The zero-order valence-electron chi connectivity index (χ0n) is 12.2. The third kappa shape index (κ3) is 2.77. The summed E-state index contributed by atoms with van der Waals surface area (Å²) in [5, 5.41) is 1.52. The van der Waals surface area contributed by atoms with E-state index < -0.39 is 0 Å². The van der Waals surface area contributed by atoms with Gasteiger partial charge in [0.15, 0.2) is 0 Å². The molecule has 0 spiro atoms. The number of anilines is 1. The highest BCUT2D eigenvalue weighted by Crippen LogP contribution is 2.36. The van der Waals surface area contributed by atoms with Crippen LogP contribution in [-0.4, -0.2) is 22.6 Å². The van der Waals surface area contributed by atoms with Gasteiger partial charge >= 0.3 is 0 Å². The van der Waals surface area contributed by atoms with Crippen LogP contribution in [0.15, 0.2) is 6.07 Å². The number of hydrogen-bond donors (Lipinski definition) is 0. The Morgan fingerprint density at radius 2 is 2.15 bits per heavy atom. The van der Waals surface area contributed by atoms with Gasteiger partial charge in [0.2, 0.25) is 5.28 Å². The molecule has 3 rings (SSSR count). The standard InChI is InChI=1S/C15H20ClN3S/c1-4-11-7-12-13(17-15(16)18-14(12)20-11)19(9(2)3)8-10-5-6-10/h7,9-10H,4-6,8H2,1-3H3. The lowest BCUT2D eigenvalue weighted by molar-refractivity contribution is 0.639. The number of fused-ring (bicyclic) bond motifs is 1. The molecular formula is C15H20ClN3S. The molecule has 0 radical (unpaired) electrons. The Balaban J connectivity index is 2.08. The third-order valence-corrected chi connectivity index (χ3v) is 5.13. The lowest BCUT2D eigenvalue weighted by Crippen LogP contribution is -2.33. The average Bonchev–Trinajstić information content (AvgIpc) is 3.12. The van der Waals surface area contributed by atoms with Gasteiger partial charge in [0.05, 0.1) is 5.39 Å². The fourth-order valence-corrected chi connectivity index (χ4v) is 3.62. The highest BCUT2D eigenvalue weighted by molar-refractivity contribution is 7.18. The van der Waals surface area contributed by atoms with Gasteiger partial charge in [-0.3, -0.25) is 0 Å². The van der Waals surface area contributed by atoms with Crippen molar-refractivity contribution in [1.29, 1.82) is 0 Å². The first-order chi connectivity index (χ1) is 9.58. The normalized spacial score (nSPS) is 15.2. The minimum absolute atomic E-state index is 0.360. The van der Waals surface area contributed by atoms with E-state index in [9.17, 15) is 0 Å². The van der Waals surface area contributed by atoms with Crippen LogP contribution in [0.25, 0.3) is 10.2 Å². The van der Waals surface area contributed by atoms with E-state index in [2.05, 4.69) is 41.7 Å². The van der Waals surface area contributed by atoms with Crippen LogP contribution in [0, 0.1) is 5.92 Å². The average molecular weight is 310 g/mol. The van der Waals surface area contributed by atoms with Gasteiger partial charge in [-0.15, -0.1) is 11.3 Å². The molecule has 2 heterocycles. The monoisotopic (exact) mass is 309 g/mol. The highest BCUT2D eigenvalue weighted by atomic mass is 35.5. The SMILES string of the molecule is CCc1cc2c(N(CC3CC3)C(C)C)nc(Cl)nc2s1. The van der Waals surface area contributed by atoms with Gasteiger partial charge in [-0.1, -0.05) is 6.92 Å². The molecule has 1 aliphatic carbocycles. The quantitative estimate of drug-likeness (QED) is 0.760. The number of halogens is 1. The Hall–Kier alpha value is -0.870. The molecule has 20 heavy (non-hydrogen) atoms. The number of thiophene rings is 1. The lowest BCUT2D eigenvalue weighted by atomic mass is 10.2. The van der Waals surface area contributed by atoms with Crippen molar-refractivity contribution >= 4 is 39.0 Å². The molecule has 1 saturated carbocycles. The van der Waals surface area contributed by atoms with Crippen LogP contribution in [0.5, 0.6) is 0 Å². The van der Waals surface area contributed by atoms with Crippen LogP contribution in [0.3, 0.4) is 0 Å². The van der Waals surface area contributed by atoms with E-state index in [-0.39, 0.29) is 0 Å². The molecule has 108 valence electrons. The Kier molecular flexibility index (Phi) is 3.87. The van der Waals surface area contributed by atoms with Crippen molar-refractivity contribution in [3.8, 4) is 0 Å². The molecule has 0 saturated heterocycles. The molecule has 1 aliphatic rings. The molecule has 0 unspecified atom stereocenters. The van der Waals surface area contributed by atoms with Crippen molar-refractivity contribution < 1.29 is 0 Å². The summed E-state index contributed by atoms with van der Waals surface area (Å²) in [6.45, 7) is 7.69. The van der Waals surface area contributed by atoms with Crippen molar-refractivity contribution in [2.24, 2.45) is 5.92 Å². The Morgan fingerprint density at radius 1 is 1.40 bits per heavy atom. The second kappa shape index (κ2) is 5.49. The second-order valence-corrected chi connectivity index (χ2v) is 7.24. The van der Waals surface area contributed by atoms with Crippen molar-refractivity contribution in [3.05, 3.63) is 16.2 Å². The number of hydrogen-bond acceptors (Lipinski definition) is 4. The molecule has 3 nitrogen and oxygen atoms in total. The molecule has 0 amide bonds. The summed E-state index contributed by atoms with van der Waals surface area (Å²) in [4.78, 5) is 13.7. The summed E-state index contributed by atoms with van der Waals surface area (Å²) in [5.74, 6) is 1.84. The summed E-state index contributed by atoms with van der Waals surface area (Å²) < 4.78 is 0. The van der Waals surface area contributed by atoms with Crippen LogP contribution in [0.1, 0.15) is 38.5 Å². The van der Waals surface area contributed by atoms with Gasteiger partial charge in [-0.05, 0) is 56.7 Å². The summed E-state index contributed by atoms with van der Waals surface area (Å²) in [6, 6.07) is 2.66. The van der Waals surface area contributed by atoms with Gasteiger partial charge in [0.25, 0.3) is 0 Å². The van der Waals surface area contributed by atoms with Gasteiger partial charge in [0.1, 0.15) is 10.6 Å². The maximum atomic E-state index is 6.13. The van der Waals surface area contributed by atoms with Gasteiger partial charge in [-0.25, -0.2) is 4.98 Å². The van der Waals surface area contributed by atoms with Crippen molar-refractivity contribution in [2.75, 3.05) is 11.4 Å². The highest BCUT2D eigenvalue weighted by Gasteiger charge is 2.27. The predicted octanol–water partition coefficient (Wildman–Crippen LogP) is 4.53. The van der Waals surface area contributed by atoms with Crippen LogP contribution in [-0.2, 0) is 6.42 Å². The van der Waals surface area contributed by atoms with E-state index >= 15 is 0 Å². The minimum atomic E-state index is 0.360. The lowest BCUT2D eigenvalue weighted by Gasteiger charge is -2.28. The van der Waals surface area contributed by atoms with Crippen LogP contribution < -0.4 is 4.90 Å². The molecule has 5 heteroatoms. The van der Waals surface area contributed by atoms with Gasteiger partial charge in [-0.2, -0.15) is 4.98 Å². The Labute approximate surface area is 129 Å². The molecule has 2 aromatic heterocycles. The van der Waals surface area contributed by atoms with Gasteiger partial charge in [0, 0.05) is 17.5 Å². The van der Waals surface area contributed by atoms with Crippen molar-refractivity contribution in [3.63, 3.8) is 0 Å². The van der Waals surface area contributed by atoms with E-state index in [0.717, 1.165) is 34.9 Å². The molecular weight excluding hydrogens is 290 g/mol. The second-order valence-electron chi connectivity index (χ2n) is 5.79. The van der Waals surface area contributed by atoms with Crippen LogP contribution in [0.2, 0.25) is 5.28 Å². The predicted molar refractivity (Wildman–Crippen MR) is 87.0 cm³/mol. The number of rotatable bonds is 5. The van der Waals surface area contributed by atoms with Crippen molar-refractivity contribution in [2.45, 2.75) is 46.1 Å². The summed E-state index contributed by atoms with van der Waals surface area (Å²) >= 11 is 7.86. The molecule has 0 aliphatic heterocycles. The molecule has 0 N–H and O–H groups in total. The zero-order valence-corrected chi connectivity index (χ0v) is 13.8. The number of aromatic nitrogens is 2. The van der Waals surface area contributed by atoms with Crippen LogP contribution in [0.4, 0.5) is 5.82 Å². The van der Waals surface area contributed by atoms with E-state index in [0.29, 0.717) is 11.3 Å². The molecule has 2 aromatic rings. The smallest absolute Gasteiger partial charge is 0.225 e. The largest absolute Gasteiger partial charge is 0.353 e. The number of nitrogens with zero attached hydrogens (tertiary/aromatic N) is 3. The van der Waals surface area contributed by atoms with Crippen LogP contribution >= 0.6 is 22.9 Å². The first-order valence-electron chi connectivity index (χ1n) is 7.31. The number of aryl methyl sites for hydroxylation is 1. The van der Waals surface area contributed by atoms with E-state index in [4.69, 9.17) is 11.6 Å². The molecule has 0 bridgehead atoms. The maximum absolute atomic E-state index is 6.13. The summed E-state index contributed by atoms with van der Waals surface area (Å²) in [6.07, 6.45) is 3.71.